The lowest BCUT2D eigenvalue weighted by Crippen LogP contribution is -2.06. The van der Waals surface area contributed by atoms with Crippen molar-refractivity contribution < 1.29 is 13.2 Å². The van der Waals surface area contributed by atoms with E-state index in [9.17, 15) is 8.42 Å². The molecular weight excluding hydrogens is 446 g/mol. The fraction of sp³-hybridized carbons (Fsp3) is 0.185. The van der Waals surface area contributed by atoms with E-state index in [1.807, 2.05) is 54.2 Å². The minimum Gasteiger partial charge on any atom is -0.491 e. The van der Waals surface area contributed by atoms with E-state index in [0.717, 1.165) is 50.9 Å². The van der Waals surface area contributed by atoms with E-state index in [1.54, 1.807) is 31.3 Å². The zero-order valence-electron chi connectivity index (χ0n) is 19.1. The van der Waals surface area contributed by atoms with E-state index in [0.29, 0.717) is 11.5 Å². The minimum absolute atomic E-state index is 0.0454. The van der Waals surface area contributed by atoms with Crippen LogP contribution in [0.25, 0.3) is 27.6 Å². The average Bonchev–Trinajstić information content (AvgIpc) is 3.19. The molecule has 172 valence electrons. The summed E-state index contributed by atoms with van der Waals surface area (Å²) in [4.78, 5) is 9.19. The highest BCUT2D eigenvalue weighted by Gasteiger charge is 2.19. The summed E-state index contributed by atoms with van der Waals surface area (Å²) in [6, 6.07) is 19.1. The highest BCUT2D eigenvalue weighted by molar-refractivity contribution is 7.91. The molecule has 0 atom stereocenters. The van der Waals surface area contributed by atoms with Crippen LogP contribution in [0.15, 0.2) is 84.1 Å². The summed E-state index contributed by atoms with van der Waals surface area (Å²) in [6.45, 7) is 4.16. The van der Waals surface area contributed by atoms with Gasteiger partial charge in [0.25, 0.3) is 0 Å². The molecule has 5 rings (SSSR count). The molecule has 0 fully saturated rings. The van der Waals surface area contributed by atoms with Crippen LogP contribution < -0.4 is 4.74 Å². The predicted octanol–water partition coefficient (Wildman–Crippen LogP) is 5.30. The number of aryl methyl sites for hydroxylation is 1. The Morgan fingerprint density at radius 1 is 0.971 bits per heavy atom. The molecule has 3 heterocycles. The number of nitrogens with zero attached hydrogens (tertiary/aromatic N) is 3. The molecule has 6 nitrogen and oxygen atoms in total. The summed E-state index contributed by atoms with van der Waals surface area (Å²) in [5.74, 6) is 0.768. The van der Waals surface area contributed by atoms with E-state index in [1.165, 1.54) is 0 Å². The second kappa shape index (κ2) is 8.91. The largest absolute Gasteiger partial charge is 0.491 e. The highest BCUT2D eigenvalue weighted by atomic mass is 32.2. The number of hydrogen-bond acceptors (Lipinski definition) is 5. The van der Waals surface area contributed by atoms with Gasteiger partial charge in [-0.05, 0) is 54.4 Å². The monoisotopic (exact) mass is 471 g/mol. The average molecular weight is 472 g/mol. The normalized spacial score (nSPS) is 11.8. The van der Waals surface area contributed by atoms with Gasteiger partial charge in [0.05, 0.1) is 22.8 Å². The quantitative estimate of drug-likeness (QED) is 0.322. The fourth-order valence-corrected chi connectivity index (χ4v) is 5.11. The first kappa shape index (κ1) is 22.1. The Balaban J connectivity index is 1.68. The SMILES string of the molecule is CCS(=O)(=O)c1cccc(-n2c3ncc(C)cc3c3cccc(OCCc4cccnc4)c32)c1. The number of aromatic nitrogens is 3. The minimum atomic E-state index is -3.35. The zero-order chi connectivity index (χ0) is 23.7. The molecule has 34 heavy (non-hydrogen) atoms. The highest BCUT2D eigenvalue weighted by Crippen LogP contribution is 2.37. The summed E-state index contributed by atoms with van der Waals surface area (Å²) in [5.41, 5.74) is 4.51. The van der Waals surface area contributed by atoms with Crippen LogP contribution in [0, 0.1) is 6.92 Å². The van der Waals surface area contributed by atoms with Crippen LogP contribution in [0.5, 0.6) is 5.75 Å². The molecule has 0 unspecified atom stereocenters. The van der Waals surface area contributed by atoms with Gasteiger partial charge in [-0.3, -0.25) is 9.55 Å². The third-order valence-electron chi connectivity index (χ3n) is 5.91. The first-order valence-electron chi connectivity index (χ1n) is 11.2. The van der Waals surface area contributed by atoms with E-state index in [4.69, 9.17) is 9.72 Å². The van der Waals surface area contributed by atoms with Crippen molar-refractivity contribution in [3.8, 4) is 11.4 Å². The maximum Gasteiger partial charge on any atom is 0.178 e. The summed E-state index contributed by atoms with van der Waals surface area (Å²) in [6.07, 6.45) is 6.15. The number of hydrogen-bond donors (Lipinski definition) is 0. The number of para-hydroxylation sites is 1. The van der Waals surface area contributed by atoms with Gasteiger partial charge in [0, 0.05) is 41.5 Å². The molecule has 0 radical (unpaired) electrons. The van der Waals surface area contributed by atoms with Crippen LogP contribution >= 0.6 is 0 Å². The van der Waals surface area contributed by atoms with Gasteiger partial charge in [-0.25, -0.2) is 13.4 Å². The molecule has 3 aromatic heterocycles. The Hall–Kier alpha value is -3.71. The predicted molar refractivity (Wildman–Crippen MR) is 134 cm³/mol. The molecular formula is C27H25N3O3S. The van der Waals surface area contributed by atoms with Crippen LogP contribution in [0.1, 0.15) is 18.1 Å². The molecule has 0 saturated heterocycles. The third-order valence-corrected chi connectivity index (χ3v) is 7.65. The number of fused-ring (bicyclic) bond motifs is 3. The fourth-order valence-electron chi connectivity index (χ4n) is 4.19. The number of pyridine rings is 2. The number of sulfone groups is 1. The third kappa shape index (κ3) is 4.03. The van der Waals surface area contributed by atoms with E-state index in [2.05, 4.69) is 17.1 Å². The van der Waals surface area contributed by atoms with Gasteiger partial charge in [-0.1, -0.05) is 31.2 Å². The Morgan fingerprint density at radius 2 is 1.82 bits per heavy atom. The van der Waals surface area contributed by atoms with Gasteiger partial charge in [-0.15, -0.1) is 0 Å². The molecule has 0 bridgehead atoms. The molecule has 0 N–H and O–H groups in total. The van der Waals surface area contributed by atoms with Gasteiger partial charge < -0.3 is 4.74 Å². The van der Waals surface area contributed by atoms with Crippen LogP contribution in [-0.2, 0) is 16.3 Å². The Kier molecular flexibility index (Phi) is 5.79. The number of benzene rings is 2. The summed E-state index contributed by atoms with van der Waals surface area (Å²) in [5, 5.41) is 2.00. The van der Waals surface area contributed by atoms with Crippen molar-refractivity contribution in [3.05, 3.63) is 90.4 Å². The van der Waals surface area contributed by atoms with Gasteiger partial charge >= 0.3 is 0 Å². The Labute approximate surface area is 198 Å². The maximum atomic E-state index is 12.6. The molecule has 7 heteroatoms. The first-order chi connectivity index (χ1) is 16.5. The lowest BCUT2D eigenvalue weighted by atomic mass is 10.1. The van der Waals surface area contributed by atoms with Gasteiger partial charge in [0.15, 0.2) is 9.84 Å². The summed E-state index contributed by atoms with van der Waals surface area (Å²) in [7, 11) is -3.35. The molecule has 2 aromatic carbocycles. The van der Waals surface area contributed by atoms with Gasteiger partial charge in [0.2, 0.25) is 0 Å². The smallest absolute Gasteiger partial charge is 0.178 e. The van der Waals surface area contributed by atoms with E-state index >= 15 is 0 Å². The molecule has 0 aliphatic carbocycles. The van der Waals surface area contributed by atoms with Crippen molar-refractivity contribution in [3.63, 3.8) is 0 Å². The van der Waals surface area contributed by atoms with Crippen LogP contribution in [0.4, 0.5) is 0 Å². The summed E-state index contributed by atoms with van der Waals surface area (Å²) >= 11 is 0. The van der Waals surface area contributed by atoms with Crippen molar-refractivity contribution in [1.82, 2.24) is 14.5 Å². The number of rotatable bonds is 7. The van der Waals surface area contributed by atoms with Gasteiger partial charge in [-0.2, -0.15) is 0 Å². The number of ether oxygens (including phenoxy) is 1. The standard InChI is InChI=1S/C27H25N3O3S/c1-3-34(31,32)22-9-4-8-21(16-22)30-26-23(24-15-19(2)17-29-27(24)30)10-5-11-25(26)33-14-12-20-7-6-13-28-18-20/h4-11,13,15-18H,3,12,14H2,1-2H3. The first-order valence-corrected chi connectivity index (χ1v) is 12.9. The molecule has 5 aromatic rings. The second-order valence-corrected chi connectivity index (χ2v) is 10.5. The molecule has 0 spiro atoms. The van der Waals surface area contributed by atoms with Crippen LogP contribution in [-0.4, -0.2) is 35.3 Å². The lowest BCUT2D eigenvalue weighted by molar-refractivity contribution is 0.324. The van der Waals surface area contributed by atoms with Crippen molar-refractivity contribution in [2.24, 2.45) is 0 Å². The lowest BCUT2D eigenvalue weighted by Gasteiger charge is -2.13. The van der Waals surface area contributed by atoms with Crippen molar-refractivity contribution >= 4 is 31.8 Å². The van der Waals surface area contributed by atoms with E-state index in [-0.39, 0.29) is 5.75 Å². The maximum absolute atomic E-state index is 12.6. The Bertz CT molecular complexity index is 1590. The molecule has 0 saturated carbocycles. The van der Waals surface area contributed by atoms with Crippen molar-refractivity contribution in [2.45, 2.75) is 25.2 Å². The van der Waals surface area contributed by atoms with Crippen LogP contribution in [0.3, 0.4) is 0 Å². The molecule has 0 amide bonds. The zero-order valence-corrected chi connectivity index (χ0v) is 19.9. The van der Waals surface area contributed by atoms with E-state index < -0.39 is 9.84 Å². The van der Waals surface area contributed by atoms with Crippen LogP contribution in [0.2, 0.25) is 0 Å². The molecule has 0 aliphatic heterocycles. The second-order valence-electron chi connectivity index (χ2n) is 8.23. The van der Waals surface area contributed by atoms with Crippen molar-refractivity contribution in [1.29, 1.82) is 0 Å². The molecule has 0 aliphatic rings. The Morgan fingerprint density at radius 3 is 2.62 bits per heavy atom. The van der Waals surface area contributed by atoms with Gasteiger partial charge in [0.1, 0.15) is 11.4 Å². The topological polar surface area (TPSA) is 74.1 Å². The van der Waals surface area contributed by atoms with Crippen molar-refractivity contribution in [2.75, 3.05) is 12.4 Å². The summed E-state index contributed by atoms with van der Waals surface area (Å²) < 4.78 is 33.4.